The SMILES string of the molecule is CCCCN(C)[C@@H]1CS(=O)(=O)C[C@H]1S(=O)(=O)c1ccc(F)c(C)c1. The van der Waals surface area contributed by atoms with Gasteiger partial charge in [-0.05, 0) is 50.7 Å². The van der Waals surface area contributed by atoms with Gasteiger partial charge in [0.2, 0.25) is 0 Å². The summed E-state index contributed by atoms with van der Waals surface area (Å²) in [6.45, 7) is 4.16. The molecule has 1 aromatic rings. The van der Waals surface area contributed by atoms with E-state index < -0.39 is 36.8 Å². The summed E-state index contributed by atoms with van der Waals surface area (Å²) < 4.78 is 63.5. The summed E-state index contributed by atoms with van der Waals surface area (Å²) in [6, 6.07) is 3.03. The highest BCUT2D eigenvalue weighted by Crippen LogP contribution is 2.29. The molecule has 1 aromatic carbocycles. The van der Waals surface area contributed by atoms with Gasteiger partial charge in [-0.3, -0.25) is 0 Å². The smallest absolute Gasteiger partial charge is 0.183 e. The molecule has 0 spiro atoms. The third kappa shape index (κ3) is 3.97. The lowest BCUT2D eigenvalue weighted by molar-refractivity contribution is 0.259. The fourth-order valence-corrected chi connectivity index (χ4v) is 8.04. The lowest BCUT2D eigenvalue weighted by Crippen LogP contribution is -2.44. The van der Waals surface area contributed by atoms with Crippen LogP contribution < -0.4 is 0 Å². The number of hydrogen-bond acceptors (Lipinski definition) is 5. The maximum absolute atomic E-state index is 13.4. The van der Waals surface area contributed by atoms with E-state index in [2.05, 4.69) is 0 Å². The third-order valence-electron chi connectivity index (χ3n) is 4.56. The molecule has 1 saturated heterocycles. The number of benzene rings is 1. The van der Waals surface area contributed by atoms with Gasteiger partial charge in [-0.2, -0.15) is 0 Å². The molecule has 0 unspecified atom stereocenters. The quantitative estimate of drug-likeness (QED) is 0.707. The topological polar surface area (TPSA) is 71.5 Å². The average molecular weight is 378 g/mol. The van der Waals surface area contributed by atoms with Crippen molar-refractivity contribution in [1.29, 1.82) is 0 Å². The molecule has 24 heavy (non-hydrogen) atoms. The standard InChI is InChI=1S/C16H24FNO4S2/c1-4-5-8-18(3)15-10-23(19,20)11-16(15)24(21,22)13-6-7-14(17)12(2)9-13/h6-7,9,15-16H,4-5,8,10-11H2,1-3H3/t15-,16-/m1/s1. The Balaban J connectivity index is 2.39. The van der Waals surface area contributed by atoms with Crippen LogP contribution in [0.3, 0.4) is 0 Å². The van der Waals surface area contributed by atoms with E-state index in [1.165, 1.54) is 19.1 Å². The van der Waals surface area contributed by atoms with Gasteiger partial charge in [-0.1, -0.05) is 13.3 Å². The van der Waals surface area contributed by atoms with Crippen LogP contribution in [0.2, 0.25) is 0 Å². The fourth-order valence-electron chi connectivity index (χ4n) is 3.05. The molecule has 2 rings (SSSR count). The van der Waals surface area contributed by atoms with Gasteiger partial charge in [0.15, 0.2) is 19.7 Å². The van der Waals surface area contributed by atoms with Crippen molar-refractivity contribution < 1.29 is 21.2 Å². The van der Waals surface area contributed by atoms with Gasteiger partial charge in [0, 0.05) is 6.04 Å². The highest BCUT2D eigenvalue weighted by molar-refractivity contribution is 7.96. The number of rotatable bonds is 6. The minimum Gasteiger partial charge on any atom is -0.301 e. The Morgan fingerprint density at radius 3 is 2.54 bits per heavy atom. The van der Waals surface area contributed by atoms with Crippen molar-refractivity contribution in [3.63, 3.8) is 0 Å². The first-order chi connectivity index (χ1) is 11.1. The molecule has 0 aromatic heterocycles. The van der Waals surface area contributed by atoms with Crippen molar-refractivity contribution in [3.8, 4) is 0 Å². The monoisotopic (exact) mass is 377 g/mol. The van der Waals surface area contributed by atoms with E-state index in [0.29, 0.717) is 6.54 Å². The zero-order valence-electron chi connectivity index (χ0n) is 14.2. The number of nitrogens with zero attached hydrogens (tertiary/aromatic N) is 1. The van der Waals surface area contributed by atoms with Gasteiger partial charge >= 0.3 is 0 Å². The van der Waals surface area contributed by atoms with Crippen molar-refractivity contribution in [1.82, 2.24) is 4.90 Å². The van der Waals surface area contributed by atoms with Crippen LogP contribution in [0, 0.1) is 12.7 Å². The van der Waals surface area contributed by atoms with E-state index in [9.17, 15) is 21.2 Å². The molecule has 2 atom stereocenters. The zero-order chi connectivity index (χ0) is 18.1. The molecule has 0 bridgehead atoms. The summed E-state index contributed by atoms with van der Waals surface area (Å²) in [5, 5.41) is -1.02. The molecule has 0 saturated carbocycles. The second kappa shape index (κ2) is 7.09. The molecule has 0 amide bonds. The first kappa shape index (κ1) is 19.3. The molecule has 1 heterocycles. The maximum Gasteiger partial charge on any atom is 0.183 e. The number of hydrogen-bond donors (Lipinski definition) is 0. The first-order valence-electron chi connectivity index (χ1n) is 7.99. The normalized spacial score (nSPS) is 23.7. The van der Waals surface area contributed by atoms with Crippen molar-refractivity contribution in [2.75, 3.05) is 25.1 Å². The van der Waals surface area contributed by atoms with Crippen LogP contribution in [0.4, 0.5) is 4.39 Å². The Bertz CT molecular complexity index is 805. The lowest BCUT2D eigenvalue weighted by Gasteiger charge is -2.28. The number of halogens is 1. The molecule has 0 radical (unpaired) electrons. The summed E-state index contributed by atoms with van der Waals surface area (Å²) in [5.74, 6) is -1.02. The molecule has 1 aliphatic rings. The van der Waals surface area contributed by atoms with E-state index >= 15 is 0 Å². The van der Waals surface area contributed by atoms with Gasteiger partial charge in [0.25, 0.3) is 0 Å². The largest absolute Gasteiger partial charge is 0.301 e. The van der Waals surface area contributed by atoms with Gasteiger partial charge in [-0.15, -0.1) is 0 Å². The van der Waals surface area contributed by atoms with Crippen LogP contribution in [0.25, 0.3) is 0 Å². The first-order valence-corrected chi connectivity index (χ1v) is 11.4. The van der Waals surface area contributed by atoms with Gasteiger partial charge in [0.1, 0.15) is 5.82 Å². The summed E-state index contributed by atoms with van der Waals surface area (Å²) in [7, 11) is -5.51. The van der Waals surface area contributed by atoms with Crippen LogP contribution in [0.15, 0.2) is 23.1 Å². The molecule has 136 valence electrons. The van der Waals surface area contributed by atoms with Crippen LogP contribution in [-0.2, 0) is 19.7 Å². The molecule has 0 aliphatic carbocycles. The maximum atomic E-state index is 13.4. The zero-order valence-corrected chi connectivity index (χ0v) is 15.8. The predicted molar refractivity (Wildman–Crippen MR) is 92.1 cm³/mol. The molecule has 5 nitrogen and oxygen atoms in total. The number of unbranched alkanes of at least 4 members (excludes halogenated alkanes) is 1. The van der Waals surface area contributed by atoms with Gasteiger partial charge in [-0.25, -0.2) is 21.2 Å². The third-order valence-corrected chi connectivity index (χ3v) is 8.68. The Hall–Kier alpha value is -0.990. The second-order valence-corrected chi connectivity index (χ2v) is 10.8. The second-order valence-electron chi connectivity index (χ2n) is 6.47. The van der Waals surface area contributed by atoms with E-state index in [1.807, 2.05) is 11.8 Å². The number of aryl methyl sites for hydroxylation is 1. The summed E-state index contributed by atoms with van der Waals surface area (Å²) in [4.78, 5) is 1.81. The van der Waals surface area contributed by atoms with E-state index in [4.69, 9.17) is 0 Å². The van der Waals surface area contributed by atoms with Crippen molar-refractivity contribution in [2.24, 2.45) is 0 Å². The van der Waals surface area contributed by atoms with Crippen LogP contribution in [0.1, 0.15) is 25.3 Å². The van der Waals surface area contributed by atoms with Crippen LogP contribution in [0.5, 0.6) is 0 Å². The van der Waals surface area contributed by atoms with E-state index in [0.717, 1.165) is 18.9 Å². The Morgan fingerprint density at radius 1 is 1.29 bits per heavy atom. The molecule has 0 N–H and O–H groups in total. The number of sulfone groups is 2. The fraction of sp³-hybridized carbons (Fsp3) is 0.625. The molecular weight excluding hydrogens is 353 g/mol. The van der Waals surface area contributed by atoms with Gasteiger partial charge < -0.3 is 4.90 Å². The molecular formula is C16H24FNO4S2. The van der Waals surface area contributed by atoms with Crippen LogP contribution >= 0.6 is 0 Å². The van der Waals surface area contributed by atoms with Crippen molar-refractivity contribution in [2.45, 2.75) is 42.9 Å². The van der Waals surface area contributed by atoms with E-state index in [1.54, 1.807) is 7.05 Å². The minimum atomic E-state index is -3.86. The minimum absolute atomic E-state index is 0.0163. The van der Waals surface area contributed by atoms with Crippen molar-refractivity contribution in [3.05, 3.63) is 29.6 Å². The summed E-state index contributed by atoms with van der Waals surface area (Å²) >= 11 is 0. The molecule has 1 fully saturated rings. The molecule has 8 heteroatoms. The Kier molecular flexibility index (Phi) is 5.71. The summed E-state index contributed by atoms with van der Waals surface area (Å²) in [5.41, 5.74) is 0.229. The highest BCUT2D eigenvalue weighted by Gasteiger charge is 2.47. The Morgan fingerprint density at radius 2 is 1.96 bits per heavy atom. The predicted octanol–water partition coefficient (Wildman–Crippen LogP) is 1.81. The van der Waals surface area contributed by atoms with E-state index in [-0.39, 0.29) is 22.0 Å². The molecule has 1 aliphatic heterocycles. The van der Waals surface area contributed by atoms with Gasteiger partial charge in [0.05, 0.1) is 21.7 Å². The average Bonchev–Trinajstić information content (AvgIpc) is 2.84. The summed E-state index contributed by atoms with van der Waals surface area (Å²) in [6.07, 6.45) is 1.81. The Labute approximate surface area is 143 Å². The highest BCUT2D eigenvalue weighted by atomic mass is 32.2. The van der Waals surface area contributed by atoms with Crippen molar-refractivity contribution >= 4 is 19.7 Å². The van der Waals surface area contributed by atoms with Crippen LogP contribution in [-0.4, -0.2) is 58.1 Å². The lowest BCUT2D eigenvalue weighted by atomic mass is 10.2.